The van der Waals surface area contributed by atoms with Crippen LogP contribution in [0.2, 0.25) is 0 Å². The van der Waals surface area contributed by atoms with E-state index < -0.39 is 0 Å². The Labute approximate surface area is 198 Å². The van der Waals surface area contributed by atoms with Gasteiger partial charge in [-0.25, -0.2) is 0 Å². The molecule has 1 aliphatic rings. The first-order valence-corrected chi connectivity index (χ1v) is 11.6. The number of benzene rings is 3. The Morgan fingerprint density at radius 2 is 1.67 bits per heavy atom. The third-order valence-corrected chi connectivity index (χ3v) is 6.01. The molecular weight excluding hydrogens is 434 g/mol. The fourth-order valence-corrected chi connectivity index (χ4v) is 4.36. The first-order valence-electron chi connectivity index (χ1n) is 10.8. The Hall–Kier alpha value is -3.51. The zero-order valence-corrected chi connectivity index (χ0v) is 19.4. The van der Waals surface area contributed by atoms with Crippen LogP contribution in [0.4, 0.5) is 4.79 Å². The molecule has 0 saturated carbocycles. The summed E-state index contributed by atoms with van der Waals surface area (Å²) in [6.45, 7) is 5.13. The third-order valence-electron chi connectivity index (χ3n) is 5.10. The Bertz CT molecular complexity index is 1190. The molecule has 1 saturated heterocycles. The van der Waals surface area contributed by atoms with Crippen LogP contribution in [0, 0.1) is 6.92 Å². The molecule has 0 unspecified atom stereocenters. The Morgan fingerprint density at radius 1 is 0.879 bits per heavy atom. The van der Waals surface area contributed by atoms with Crippen LogP contribution < -0.4 is 9.47 Å². The van der Waals surface area contributed by atoms with Crippen molar-refractivity contribution in [3.8, 4) is 11.5 Å². The van der Waals surface area contributed by atoms with Gasteiger partial charge in [0.25, 0.3) is 11.1 Å². The molecule has 3 aromatic rings. The summed E-state index contributed by atoms with van der Waals surface area (Å²) in [7, 11) is 0. The van der Waals surface area contributed by atoms with E-state index in [0.717, 1.165) is 28.5 Å². The zero-order valence-electron chi connectivity index (χ0n) is 18.6. The summed E-state index contributed by atoms with van der Waals surface area (Å²) >= 11 is 0.955. The van der Waals surface area contributed by atoms with Gasteiger partial charge in [-0.15, -0.1) is 0 Å². The van der Waals surface area contributed by atoms with E-state index in [1.54, 1.807) is 6.08 Å². The van der Waals surface area contributed by atoms with Crippen LogP contribution in [0.5, 0.6) is 11.5 Å². The van der Waals surface area contributed by atoms with Crippen LogP contribution in [0.1, 0.15) is 29.2 Å². The number of rotatable bonds is 8. The van der Waals surface area contributed by atoms with Gasteiger partial charge in [0.2, 0.25) is 0 Å². The first kappa shape index (κ1) is 22.7. The van der Waals surface area contributed by atoms with E-state index in [9.17, 15) is 9.59 Å². The monoisotopic (exact) mass is 459 g/mol. The van der Waals surface area contributed by atoms with Crippen molar-refractivity contribution in [1.82, 2.24) is 4.90 Å². The van der Waals surface area contributed by atoms with Crippen LogP contribution in [0.3, 0.4) is 0 Å². The predicted octanol–water partition coefficient (Wildman–Crippen LogP) is 6.21. The van der Waals surface area contributed by atoms with Gasteiger partial charge in [0, 0.05) is 0 Å². The van der Waals surface area contributed by atoms with Gasteiger partial charge in [0.1, 0.15) is 6.61 Å². The van der Waals surface area contributed by atoms with Crippen molar-refractivity contribution in [2.45, 2.75) is 27.0 Å². The van der Waals surface area contributed by atoms with Gasteiger partial charge in [-0.3, -0.25) is 14.5 Å². The van der Waals surface area contributed by atoms with Gasteiger partial charge in [-0.1, -0.05) is 66.2 Å². The molecule has 5 nitrogen and oxygen atoms in total. The summed E-state index contributed by atoms with van der Waals surface area (Å²) in [5.74, 6) is 0.946. The van der Waals surface area contributed by atoms with Crippen LogP contribution in [-0.2, 0) is 17.9 Å². The van der Waals surface area contributed by atoms with E-state index in [1.165, 1.54) is 10.5 Å². The minimum absolute atomic E-state index is 0.263. The Kier molecular flexibility index (Phi) is 7.15. The second-order valence-corrected chi connectivity index (χ2v) is 8.66. The summed E-state index contributed by atoms with van der Waals surface area (Å²) in [6, 6.07) is 23.2. The smallest absolute Gasteiger partial charge is 0.293 e. The predicted molar refractivity (Wildman–Crippen MR) is 131 cm³/mol. The lowest BCUT2D eigenvalue weighted by atomic mass is 10.1. The molecule has 3 aromatic carbocycles. The van der Waals surface area contributed by atoms with E-state index in [0.29, 0.717) is 29.6 Å². The molecule has 0 atom stereocenters. The summed E-state index contributed by atoms with van der Waals surface area (Å²) < 4.78 is 11.8. The van der Waals surface area contributed by atoms with Gasteiger partial charge in [0.05, 0.1) is 18.1 Å². The van der Waals surface area contributed by atoms with Gasteiger partial charge >= 0.3 is 0 Å². The maximum absolute atomic E-state index is 12.8. The standard InChI is InChI=1S/C27H25NO4S/c1-3-31-24-15-21(12-13-23(24)32-18-22-11-7-8-19(2)14-22)16-25-26(29)28(27(30)33-25)17-20-9-5-4-6-10-20/h4-16H,3,17-18H2,1-2H3/b25-16-. The molecule has 0 radical (unpaired) electrons. The number of amides is 2. The minimum atomic E-state index is -0.286. The molecule has 0 aromatic heterocycles. The lowest BCUT2D eigenvalue weighted by Gasteiger charge is -2.13. The normalized spacial score (nSPS) is 14.7. The average molecular weight is 460 g/mol. The highest BCUT2D eigenvalue weighted by Crippen LogP contribution is 2.35. The van der Waals surface area contributed by atoms with Crippen molar-refractivity contribution in [2.24, 2.45) is 0 Å². The number of carbonyl (C=O) groups excluding carboxylic acids is 2. The second kappa shape index (κ2) is 10.4. The van der Waals surface area contributed by atoms with Crippen molar-refractivity contribution in [3.63, 3.8) is 0 Å². The Balaban J connectivity index is 1.50. The molecule has 6 heteroatoms. The lowest BCUT2D eigenvalue weighted by molar-refractivity contribution is -0.123. The maximum Gasteiger partial charge on any atom is 0.293 e. The van der Waals surface area contributed by atoms with Crippen molar-refractivity contribution in [1.29, 1.82) is 0 Å². The van der Waals surface area contributed by atoms with Crippen LogP contribution in [0.25, 0.3) is 6.08 Å². The molecule has 33 heavy (non-hydrogen) atoms. The molecule has 168 valence electrons. The molecule has 0 spiro atoms. The van der Waals surface area contributed by atoms with E-state index in [-0.39, 0.29) is 17.7 Å². The highest BCUT2D eigenvalue weighted by atomic mass is 32.2. The lowest BCUT2D eigenvalue weighted by Crippen LogP contribution is -2.27. The molecule has 1 heterocycles. The fraction of sp³-hybridized carbons (Fsp3) is 0.185. The van der Waals surface area contributed by atoms with Crippen molar-refractivity contribution in [3.05, 3.63) is 100.0 Å². The van der Waals surface area contributed by atoms with Crippen molar-refractivity contribution < 1.29 is 19.1 Å². The maximum atomic E-state index is 12.8. The summed E-state index contributed by atoms with van der Waals surface area (Å²) in [5.41, 5.74) is 3.94. The van der Waals surface area contributed by atoms with Gasteiger partial charge in [-0.05, 0) is 60.5 Å². The number of hydrogen-bond donors (Lipinski definition) is 0. The number of hydrogen-bond acceptors (Lipinski definition) is 5. The number of aryl methyl sites for hydroxylation is 1. The molecule has 4 rings (SSSR count). The molecule has 0 aliphatic carbocycles. The molecule has 1 fully saturated rings. The number of imide groups is 1. The van der Waals surface area contributed by atoms with E-state index >= 15 is 0 Å². The van der Waals surface area contributed by atoms with Gasteiger partial charge in [0.15, 0.2) is 11.5 Å². The van der Waals surface area contributed by atoms with E-state index in [4.69, 9.17) is 9.47 Å². The molecule has 0 N–H and O–H groups in total. The number of thioether (sulfide) groups is 1. The Morgan fingerprint density at radius 3 is 2.42 bits per heavy atom. The number of carbonyl (C=O) groups is 2. The average Bonchev–Trinajstić information content (AvgIpc) is 3.07. The quantitative estimate of drug-likeness (QED) is 0.375. The fourth-order valence-electron chi connectivity index (χ4n) is 3.52. The summed E-state index contributed by atoms with van der Waals surface area (Å²) in [5, 5.41) is -0.266. The third kappa shape index (κ3) is 5.65. The highest BCUT2D eigenvalue weighted by molar-refractivity contribution is 8.18. The van der Waals surface area contributed by atoms with E-state index in [1.807, 2.05) is 80.6 Å². The second-order valence-electron chi connectivity index (χ2n) is 7.67. The molecule has 1 aliphatic heterocycles. The first-order chi connectivity index (χ1) is 16.0. The summed E-state index contributed by atoms with van der Waals surface area (Å²) in [4.78, 5) is 27.0. The molecule has 0 bridgehead atoms. The SMILES string of the molecule is CCOc1cc(/C=C2\SC(=O)N(Cc3ccccc3)C2=O)ccc1OCc1cccc(C)c1. The number of ether oxygens (including phenoxy) is 2. The topological polar surface area (TPSA) is 55.8 Å². The minimum Gasteiger partial charge on any atom is -0.490 e. The van der Waals surface area contributed by atoms with Crippen LogP contribution >= 0.6 is 11.8 Å². The van der Waals surface area contributed by atoms with Crippen LogP contribution in [0.15, 0.2) is 77.7 Å². The highest BCUT2D eigenvalue weighted by Gasteiger charge is 2.35. The zero-order chi connectivity index (χ0) is 23.2. The summed E-state index contributed by atoms with van der Waals surface area (Å²) in [6.07, 6.45) is 1.72. The molecule has 2 amide bonds. The van der Waals surface area contributed by atoms with Crippen molar-refractivity contribution >= 4 is 29.0 Å². The largest absolute Gasteiger partial charge is 0.490 e. The van der Waals surface area contributed by atoms with E-state index in [2.05, 4.69) is 6.07 Å². The van der Waals surface area contributed by atoms with Crippen molar-refractivity contribution in [2.75, 3.05) is 6.61 Å². The van der Waals surface area contributed by atoms with Gasteiger partial charge in [-0.2, -0.15) is 0 Å². The molecular formula is C27H25NO4S. The number of nitrogens with zero attached hydrogens (tertiary/aromatic N) is 1. The van der Waals surface area contributed by atoms with Crippen LogP contribution in [-0.4, -0.2) is 22.7 Å². The van der Waals surface area contributed by atoms with Gasteiger partial charge < -0.3 is 9.47 Å².